The monoisotopic (exact) mass is 889 g/mol. The van der Waals surface area contributed by atoms with E-state index in [0.717, 1.165) is 103 Å². The van der Waals surface area contributed by atoms with E-state index in [4.69, 9.17) is 16.6 Å². The highest BCUT2D eigenvalue weighted by atomic mass is 35.5. The highest BCUT2D eigenvalue weighted by Gasteiger charge is 2.41. The molecular formula is C48H56ClN9O4S. The van der Waals surface area contributed by atoms with Gasteiger partial charge < -0.3 is 19.6 Å². The number of halogens is 1. The van der Waals surface area contributed by atoms with E-state index in [0.29, 0.717) is 34.9 Å². The van der Waals surface area contributed by atoms with Crippen LogP contribution in [-0.2, 0) is 20.9 Å². The number of fused-ring (bicyclic) bond motifs is 4. The molecule has 330 valence electrons. The lowest BCUT2D eigenvalue weighted by Crippen LogP contribution is -2.52. The fourth-order valence-electron chi connectivity index (χ4n) is 11.0. The normalized spacial score (nSPS) is 22.8. The zero-order valence-corrected chi connectivity index (χ0v) is 38.1. The van der Waals surface area contributed by atoms with Crippen LogP contribution in [0.15, 0.2) is 47.5 Å². The van der Waals surface area contributed by atoms with Gasteiger partial charge in [0.05, 0.1) is 12.1 Å². The van der Waals surface area contributed by atoms with Crippen LogP contribution in [0.2, 0.25) is 5.02 Å². The smallest absolute Gasteiger partial charge is 0.255 e. The number of nitrogens with zero attached hydrogens (tertiary/aromatic N) is 8. The van der Waals surface area contributed by atoms with E-state index in [1.165, 1.54) is 42.5 Å². The van der Waals surface area contributed by atoms with E-state index in [1.807, 2.05) is 42.2 Å². The van der Waals surface area contributed by atoms with Gasteiger partial charge in [0.25, 0.3) is 5.91 Å². The largest absolute Gasteiger partial charge is 0.371 e. The number of nitrogens with one attached hydrogen (secondary N) is 1. The molecule has 4 aromatic rings. The summed E-state index contributed by atoms with van der Waals surface area (Å²) in [7, 11) is 0. The second-order valence-electron chi connectivity index (χ2n) is 18.8. The van der Waals surface area contributed by atoms with Crippen LogP contribution in [0.4, 0.5) is 5.69 Å². The zero-order valence-electron chi connectivity index (χ0n) is 36.5. The Balaban J connectivity index is 0.698. The van der Waals surface area contributed by atoms with Crippen LogP contribution in [-0.4, -0.2) is 111 Å². The van der Waals surface area contributed by atoms with Crippen LogP contribution in [0, 0.1) is 32.1 Å². The molecule has 1 unspecified atom stereocenters. The quantitative estimate of drug-likeness (QED) is 0.188. The van der Waals surface area contributed by atoms with Crippen LogP contribution in [0.25, 0.3) is 5.00 Å². The van der Waals surface area contributed by atoms with Gasteiger partial charge in [-0.1, -0.05) is 23.7 Å². The van der Waals surface area contributed by atoms with Crippen molar-refractivity contribution in [3.05, 3.63) is 91.8 Å². The Hall–Kier alpha value is -4.92. The molecule has 10 rings (SSSR count). The van der Waals surface area contributed by atoms with Crippen LogP contribution in [0.3, 0.4) is 0 Å². The Morgan fingerprint density at radius 2 is 1.63 bits per heavy atom. The van der Waals surface area contributed by atoms with Gasteiger partial charge in [-0.3, -0.25) is 34.1 Å². The summed E-state index contributed by atoms with van der Waals surface area (Å²) < 4.78 is 2.12. The number of likely N-dealkylation sites (tertiary alicyclic amines) is 2. The van der Waals surface area contributed by atoms with E-state index in [1.54, 1.807) is 16.2 Å². The highest BCUT2D eigenvalue weighted by Crippen LogP contribution is 2.44. The summed E-state index contributed by atoms with van der Waals surface area (Å²) in [4.78, 5) is 66.8. The minimum absolute atomic E-state index is 0.122. The molecule has 4 fully saturated rings. The minimum Gasteiger partial charge on any atom is -0.371 e. The number of rotatable bonds is 8. The Kier molecular flexibility index (Phi) is 11.3. The first kappa shape index (κ1) is 42.1. The van der Waals surface area contributed by atoms with Crippen molar-refractivity contribution in [1.29, 1.82) is 0 Å². The number of aliphatic imine (C=N–C) groups is 1. The third-order valence-corrected chi connectivity index (χ3v) is 16.6. The summed E-state index contributed by atoms with van der Waals surface area (Å²) >= 11 is 8.02. The fraction of sp³-hybridized carbons (Fsp3) is 0.521. The predicted molar refractivity (Wildman–Crippen MR) is 244 cm³/mol. The van der Waals surface area contributed by atoms with Crippen molar-refractivity contribution < 1.29 is 19.2 Å². The number of hydrogen-bond donors (Lipinski definition) is 1. The van der Waals surface area contributed by atoms with E-state index in [9.17, 15) is 19.2 Å². The molecule has 1 N–H and O–H groups in total. The molecule has 2 atom stereocenters. The van der Waals surface area contributed by atoms with Crippen molar-refractivity contribution in [3.63, 3.8) is 0 Å². The number of hydrogen-bond acceptors (Lipinski definition) is 10. The van der Waals surface area contributed by atoms with E-state index in [-0.39, 0.29) is 36.5 Å². The lowest BCUT2D eigenvalue weighted by molar-refractivity contribution is -0.137. The number of aromatic nitrogens is 3. The van der Waals surface area contributed by atoms with Gasteiger partial charge in [0, 0.05) is 71.4 Å². The number of piperidine rings is 4. The molecule has 0 aliphatic carbocycles. The van der Waals surface area contributed by atoms with Gasteiger partial charge in [-0.2, -0.15) is 0 Å². The molecule has 0 bridgehead atoms. The van der Waals surface area contributed by atoms with Gasteiger partial charge in [0.2, 0.25) is 17.7 Å². The molecule has 15 heteroatoms. The van der Waals surface area contributed by atoms with Gasteiger partial charge >= 0.3 is 0 Å². The van der Waals surface area contributed by atoms with E-state index in [2.05, 4.69) is 55.9 Å². The van der Waals surface area contributed by atoms with Crippen molar-refractivity contribution in [2.75, 3.05) is 50.7 Å². The van der Waals surface area contributed by atoms with Crippen molar-refractivity contribution in [3.8, 4) is 5.00 Å². The maximum Gasteiger partial charge on any atom is 0.255 e. The molecule has 2 aromatic carbocycles. The van der Waals surface area contributed by atoms with Gasteiger partial charge in [-0.25, -0.2) is 0 Å². The highest BCUT2D eigenvalue weighted by molar-refractivity contribution is 7.15. The lowest BCUT2D eigenvalue weighted by atomic mass is 9.71. The number of aryl methyl sites for hydroxylation is 2. The first-order valence-corrected chi connectivity index (χ1v) is 24.0. The van der Waals surface area contributed by atoms with Crippen LogP contribution >= 0.6 is 22.9 Å². The number of thiophene rings is 1. The molecule has 1 spiro atoms. The predicted octanol–water partition coefficient (Wildman–Crippen LogP) is 6.96. The second kappa shape index (κ2) is 16.9. The molecule has 63 heavy (non-hydrogen) atoms. The Morgan fingerprint density at radius 1 is 0.905 bits per heavy atom. The molecule has 13 nitrogen and oxygen atoms in total. The number of carbonyl (C=O) groups is 4. The maximum atomic E-state index is 14.1. The molecule has 6 aliphatic rings. The number of carbonyl (C=O) groups excluding carboxylic acids is 4. The summed E-state index contributed by atoms with van der Waals surface area (Å²) in [6.07, 6.45) is 8.92. The first-order chi connectivity index (χ1) is 30.4. The summed E-state index contributed by atoms with van der Waals surface area (Å²) in [5.74, 6) is 1.49. The Labute approximate surface area is 377 Å². The maximum absolute atomic E-state index is 14.1. The minimum atomic E-state index is -0.592. The number of benzene rings is 2. The van der Waals surface area contributed by atoms with Crippen molar-refractivity contribution >= 4 is 58.0 Å². The average molecular weight is 891 g/mol. The van der Waals surface area contributed by atoms with E-state index >= 15 is 0 Å². The molecule has 4 amide bonds. The fourth-order valence-corrected chi connectivity index (χ4v) is 12.4. The van der Waals surface area contributed by atoms with Gasteiger partial charge in [0.1, 0.15) is 22.9 Å². The number of anilines is 1. The average Bonchev–Trinajstić information content (AvgIpc) is 3.90. The van der Waals surface area contributed by atoms with Crippen molar-refractivity contribution in [2.24, 2.45) is 16.3 Å². The zero-order chi connectivity index (χ0) is 43.6. The summed E-state index contributed by atoms with van der Waals surface area (Å²) in [6, 6.07) is 12.9. The molecular weight excluding hydrogens is 834 g/mol. The van der Waals surface area contributed by atoms with Crippen molar-refractivity contribution in [1.82, 2.24) is 34.8 Å². The SMILES string of the molecule is Cc1sc2c(c1C)C(c1ccc(Cl)cc1)=N[C@@H](CC(=O)N1CCC(CCN3CCC4(CC3)CCN(c3ccc5c(c3)CN(C3CCC(=O)NC3=O)C5=O)CC4)CC1)c1nnc(C)n1-2. The molecule has 0 radical (unpaired) electrons. The van der Waals surface area contributed by atoms with Gasteiger partial charge in [-0.05, 0) is 145 Å². The van der Waals surface area contributed by atoms with Crippen LogP contribution in [0.1, 0.15) is 119 Å². The summed E-state index contributed by atoms with van der Waals surface area (Å²) in [5.41, 5.74) is 7.26. The van der Waals surface area contributed by atoms with Crippen LogP contribution in [0.5, 0.6) is 0 Å². The Morgan fingerprint density at radius 3 is 2.37 bits per heavy atom. The van der Waals surface area contributed by atoms with Gasteiger partial charge in [-0.15, -0.1) is 21.5 Å². The molecule has 0 saturated carbocycles. The summed E-state index contributed by atoms with van der Waals surface area (Å²) in [5, 5.41) is 13.2. The first-order valence-electron chi connectivity index (χ1n) is 22.8. The molecule has 6 aliphatic heterocycles. The standard InChI is InChI=1S/C48H56ClN9O4S/c1-29-30(2)63-47-42(29)43(33-4-6-35(49)7-5-33)50-38(44-53-52-31(3)58(44)47)27-41(60)56-20-13-32(14-21-56)12-19-54-22-15-48(16-23-54)17-24-55(25-18-48)36-8-9-37-34(26-36)28-57(46(37)62)39-10-11-40(59)51-45(39)61/h4-9,26,32,38-39H,10-25,27-28H2,1-3H3,(H,51,59,61)/t38-,39?/m0/s1. The third-order valence-electron chi connectivity index (χ3n) is 15.2. The van der Waals surface area contributed by atoms with Crippen LogP contribution < -0.4 is 10.2 Å². The lowest BCUT2D eigenvalue weighted by Gasteiger charge is -2.47. The summed E-state index contributed by atoms with van der Waals surface area (Å²) in [6.45, 7) is 13.6. The number of amides is 4. The number of imide groups is 1. The van der Waals surface area contributed by atoms with Gasteiger partial charge in [0.15, 0.2) is 5.82 Å². The molecule has 4 saturated heterocycles. The van der Waals surface area contributed by atoms with Crippen molar-refractivity contribution in [2.45, 2.75) is 104 Å². The van der Waals surface area contributed by atoms with E-state index < -0.39 is 12.1 Å². The third kappa shape index (κ3) is 8.01. The second-order valence-corrected chi connectivity index (χ2v) is 20.4. The topological polar surface area (TPSA) is 136 Å². The molecule has 8 heterocycles. The Bertz CT molecular complexity index is 2490. The molecule has 2 aromatic heterocycles.